The molecule has 0 aliphatic carbocycles. The fourth-order valence-electron chi connectivity index (χ4n) is 3.62. The molecule has 8 nitrogen and oxygen atoms in total. The van der Waals surface area contributed by atoms with Gasteiger partial charge in [0.05, 0.1) is 24.2 Å². The van der Waals surface area contributed by atoms with Gasteiger partial charge in [0, 0.05) is 31.9 Å². The third-order valence-corrected chi connectivity index (χ3v) is 6.20. The number of benzene rings is 1. The molecule has 0 saturated carbocycles. The van der Waals surface area contributed by atoms with Gasteiger partial charge >= 0.3 is 0 Å². The van der Waals surface area contributed by atoms with Crippen molar-refractivity contribution in [1.29, 1.82) is 0 Å². The Hall–Kier alpha value is -2.36. The molecule has 160 valence electrons. The summed E-state index contributed by atoms with van der Waals surface area (Å²) in [6.07, 6.45) is 3.61. The zero-order valence-electron chi connectivity index (χ0n) is 16.7. The van der Waals surface area contributed by atoms with Gasteiger partial charge in [-0.15, -0.1) is 0 Å². The van der Waals surface area contributed by atoms with E-state index in [0.717, 1.165) is 67.1 Å². The normalized spacial score (nSPS) is 23.5. The molecule has 0 unspecified atom stereocenters. The molecule has 4 rings (SSSR count). The van der Waals surface area contributed by atoms with Crippen LogP contribution >= 0.6 is 11.8 Å². The van der Waals surface area contributed by atoms with Crippen molar-refractivity contribution in [1.82, 2.24) is 10.2 Å². The average molecular weight is 432 g/mol. The molecule has 3 amide bonds. The first kappa shape index (κ1) is 20.9. The van der Waals surface area contributed by atoms with Crippen LogP contribution in [0.5, 0.6) is 0 Å². The lowest BCUT2D eigenvalue weighted by Gasteiger charge is -2.28. The topological polar surface area (TPSA) is 88.2 Å². The van der Waals surface area contributed by atoms with E-state index in [0.29, 0.717) is 18.1 Å². The number of hydrogen-bond donors (Lipinski definition) is 1. The maximum Gasteiger partial charge on any atom is 0.294 e. The summed E-state index contributed by atoms with van der Waals surface area (Å²) in [6, 6.07) is 7.85. The number of amides is 3. The Balaban J connectivity index is 1.34. The van der Waals surface area contributed by atoms with Gasteiger partial charge in [-0.05, 0) is 48.4 Å². The van der Waals surface area contributed by atoms with Gasteiger partial charge in [0.2, 0.25) is 5.91 Å². The number of nitrogens with one attached hydrogen (secondary N) is 1. The number of rotatable bonds is 6. The molecule has 0 bridgehead atoms. The molecule has 30 heavy (non-hydrogen) atoms. The van der Waals surface area contributed by atoms with Gasteiger partial charge in [-0.3, -0.25) is 19.3 Å². The summed E-state index contributed by atoms with van der Waals surface area (Å²) in [5, 5.41) is 2.31. The lowest BCUT2D eigenvalue weighted by Crippen LogP contribution is -2.41. The van der Waals surface area contributed by atoms with Gasteiger partial charge < -0.3 is 19.7 Å². The van der Waals surface area contributed by atoms with Crippen molar-refractivity contribution < 1.29 is 23.9 Å². The summed E-state index contributed by atoms with van der Waals surface area (Å²) in [6.45, 7) is 3.99. The molecule has 3 saturated heterocycles. The van der Waals surface area contributed by atoms with Crippen molar-refractivity contribution in [2.45, 2.75) is 18.9 Å². The highest BCUT2D eigenvalue weighted by Crippen LogP contribution is 2.32. The van der Waals surface area contributed by atoms with E-state index in [2.05, 4.69) is 10.2 Å². The second-order valence-electron chi connectivity index (χ2n) is 7.40. The summed E-state index contributed by atoms with van der Waals surface area (Å²) < 4.78 is 10.8. The van der Waals surface area contributed by atoms with Crippen molar-refractivity contribution >= 4 is 40.6 Å². The molecule has 0 radical (unpaired) electrons. The van der Waals surface area contributed by atoms with E-state index >= 15 is 0 Å². The fourth-order valence-corrected chi connectivity index (χ4v) is 4.46. The third kappa shape index (κ3) is 5.03. The van der Waals surface area contributed by atoms with Crippen LogP contribution < -0.4 is 10.2 Å². The molecule has 1 aromatic carbocycles. The lowest BCUT2D eigenvalue weighted by atomic mass is 10.1. The Morgan fingerprint density at radius 2 is 1.93 bits per heavy atom. The fraction of sp³-hybridized carbons (Fsp3) is 0.476. The van der Waals surface area contributed by atoms with Crippen molar-refractivity contribution in [2.75, 3.05) is 50.9 Å². The Kier molecular flexibility index (Phi) is 6.71. The molecule has 9 heteroatoms. The number of morpholine rings is 1. The van der Waals surface area contributed by atoms with E-state index in [9.17, 15) is 14.4 Å². The maximum absolute atomic E-state index is 12.6. The van der Waals surface area contributed by atoms with Crippen LogP contribution in [0.1, 0.15) is 18.4 Å². The van der Waals surface area contributed by atoms with Crippen molar-refractivity contribution in [2.24, 2.45) is 0 Å². The third-order valence-electron chi connectivity index (χ3n) is 5.29. The molecule has 1 atom stereocenters. The lowest BCUT2D eigenvalue weighted by molar-refractivity contribution is -0.129. The zero-order valence-corrected chi connectivity index (χ0v) is 17.5. The predicted octanol–water partition coefficient (Wildman–Crippen LogP) is 1.85. The van der Waals surface area contributed by atoms with Gasteiger partial charge in [0.1, 0.15) is 6.54 Å². The summed E-state index contributed by atoms with van der Waals surface area (Å²) in [5.41, 5.74) is 1.94. The van der Waals surface area contributed by atoms with Gasteiger partial charge in [-0.2, -0.15) is 0 Å². The first-order valence-corrected chi connectivity index (χ1v) is 11.0. The number of hydrogen-bond acceptors (Lipinski definition) is 7. The Labute approximate surface area is 179 Å². The van der Waals surface area contributed by atoms with Crippen LogP contribution in [0.15, 0.2) is 29.2 Å². The number of anilines is 1. The van der Waals surface area contributed by atoms with Crippen LogP contribution in [0.3, 0.4) is 0 Å². The minimum absolute atomic E-state index is 0.0178. The molecular weight excluding hydrogens is 406 g/mol. The molecule has 3 fully saturated rings. The molecule has 1 N–H and O–H groups in total. The molecule has 3 aliphatic heterocycles. The van der Waals surface area contributed by atoms with Crippen molar-refractivity contribution in [3.05, 3.63) is 34.7 Å². The monoisotopic (exact) mass is 431 g/mol. The van der Waals surface area contributed by atoms with Gasteiger partial charge in [0.15, 0.2) is 0 Å². The van der Waals surface area contributed by atoms with Crippen molar-refractivity contribution in [3.8, 4) is 0 Å². The molecule has 3 aliphatic rings. The van der Waals surface area contributed by atoms with E-state index in [4.69, 9.17) is 9.47 Å². The second-order valence-corrected chi connectivity index (χ2v) is 8.39. The van der Waals surface area contributed by atoms with E-state index in [1.807, 2.05) is 24.3 Å². The van der Waals surface area contributed by atoms with Crippen LogP contribution in [0.4, 0.5) is 10.5 Å². The maximum atomic E-state index is 12.6. The number of carbonyl (C=O) groups excluding carboxylic acids is 3. The van der Waals surface area contributed by atoms with E-state index < -0.39 is 11.1 Å². The summed E-state index contributed by atoms with van der Waals surface area (Å²) in [7, 11) is 0. The predicted molar refractivity (Wildman–Crippen MR) is 114 cm³/mol. The second kappa shape index (κ2) is 9.63. The van der Waals surface area contributed by atoms with Gasteiger partial charge in [-0.1, -0.05) is 12.1 Å². The van der Waals surface area contributed by atoms with Crippen LogP contribution in [0.25, 0.3) is 6.08 Å². The molecule has 3 heterocycles. The molecule has 0 spiro atoms. The smallest absolute Gasteiger partial charge is 0.294 e. The van der Waals surface area contributed by atoms with Crippen molar-refractivity contribution in [3.63, 3.8) is 0 Å². The van der Waals surface area contributed by atoms with E-state index in [1.54, 1.807) is 6.08 Å². The number of thioether (sulfide) groups is 1. The quantitative estimate of drug-likeness (QED) is 0.688. The first-order valence-electron chi connectivity index (χ1n) is 10.2. The first-order chi connectivity index (χ1) is 14.6. The highest BCUT2D eigenvalue weighted by Gasteiger charge is 2.36. The standard InChI is InChI=1S/C21H25N3O5S/c25-19(22-13-17-2-1-9-29-17)14-24-20(26)18(30-21(24)27)12-15-3-5-16(6-4-15)23-7-10-28-11-8-23/h3-6,12,17H,1-2,7-11,13-14H2,(H,22,25)/b18-12-/t17-/m1/s1. The largest absolute Gasteiger partial charge is 0.378 e. The van der Waals surface area contributed by atoms with Crippen LogP contribution in [-0.2, 0) is 19.1 Å². The highest BCUT2D eigenvalue weighted by molar-refractivity contribution is 8.18. The van der Waals surface area contributed by atoms with Gasteiger partial charge in [0.25, 0.3) is 11.1 Å². The summed E-state index contributed by atoms with van der Waals surface area (Å²) in [5.74, 6) is -0.793. The molecular formula is C21H25N3O5S. The van der Waals surface area contributed by atoms with Crippen LogP contribution in [0, 0.1) is 0 Å². The number of nitrogens with zero attached hydrogens (tertiary/aromatic N) is 2. The number of carbonyl (C=O) groups is 3. The Bertz CT molecular complexity index is 830. The van der Waals surface area contributed by atoms with E-state index in [1.165, 1.54) is 0 Å². The minimum Gasteiger partial charge on any atom is -0.378 e. The van der Waals surface area contributed by atoms with Crippen LogP contribution in [-0.4, -0.2) is 74.1 Å². The molecule has 0 aromatic heterocycles. The van der Waals surface area contributed by atoms with E-state index in [-0.39, 0.29) is 18.6 Å². The van der Waals surface area contributed by atoms with Gasteiger partial charge in [-0.25, -0.2) is 0 Å². The highest BCUT2D eigenvalue weighted by atomic mass is 32.2. The molecule has 1 aromatic rings. The number of ether oxygens (including phenoxy) is 2. The summed E-state index contributed by atoms with van der Waals surface area (Å²) >= 11 is 0.861. The van der Waals surface area contributed by atoms with Crippen LogP contribution in [0.2, 0.25) is 0 Å². The Morgan fingerprint density at radius 1 is 1.17 bits per heavy atom. The zero-order chi connectivity index (χ0) is 20.9. The summed E-state index contributed by atoms with van der Waals surface area (Å²) in [4.78, 5) is 40.6. The SMILES string of the molecule is O=C(CN1C(=O)S/C(=C\c2ccc(N3CCOCC3)cc2)C1=O)NC[C@H]1CCCO1. The number of imide groups is 1. The minimum atomic E-state index is -0.436. The Morgan fingerprint density at radius 3 is 2.63 bits per heavy atom. The average Bonchev–Trinajstić information content (AvgIpc) is 3.38.